The van der Waals surface area contributed by atoms with Crippen molar-refractivity contribution in [2.75, 3.05) is 0 Å². The molecule has 3 heteroatoms. The Morgan fingerprint density at radius 3 is 2.12 bits per heavy atom. The van der Waals surface area contributed by atoms with Gasteiger partial charge in [0.1, 0.15) is 0 Å². The third-order valence-corrected chi connectivity index (χ3v) is 4.95. The van der Waals surface area contributed by atoms with Crippen LogP contribution in [0.5, 0.6) is 0 Å². The fourth-order valence-corrected chi connectivity index (χ4v) is 3.79. The summed E-state index contributed by atoms with van der Waals surface area (Å²) in [6, 6.07) is 22.6. The molecule has 1 heterocycles. The molecule has 0 aliphatic heterocycles. The number of hydrogen-bond donors (Lipinski definition) is 1. The number of benzene rings is 2. The molecule has 0 amide bonds. The zero-order valence-electron chi connectivity index (χ0n) is 15.1. The summed E-state index contributed by atoms with van der Waals surface area (Å²) in [6.45, 7) is 4.39. The van der Waals surface area contributed by atoms with Crippen LogP contribution in [0.15, 0.2) is 71.9 Å². The summed E-state index contributed by atoms with van der Waals surface area (Å²) in [5, 5.41) is 13.3. The van der Waals surface area contributed by atoms with E-state index in [2.05, 4.69) is 49.3 Å². The minimum Gasteiger partial charge on any atom is -0.411 e. The topological polar surface area (TPSA) is 45.5 Å². The zero-order chi connectivity index (χ0) is 18.1. The van der Waals surface area contributed by atoms with Crippen molar-refractivity contribution in [2.24, 2.45) is 10.6 Å². The van der Waals surface area contributed by atoms with E-state index in [1.165, 1.54) is 0 Å². The van der Waals surface area contributed by atoms with Gasteiger partial charge < -0.3 is 5.21 Å². The summed E-state index contributed by atoms with van der Waals surface area (Å²) in [5.41, 5.74) is 6.98. The Morgan fingerprint density at radius 1 is 0.885 bits per heavy atom. The molecule has 1 aromatic heterocycles. The Balaban J connectivity index is 2.00. The molecule has 3 nitrogen and oxygen atoms in total. The van der Waals surface area contributed by atoms with Crippen LogP contribution in [0.4, 0.5) is 0 Å². The van der Waals surface area contributed by atoms with E-state index >= 15 is 0 Å². The Morgan fingerprint density at radius 2 is 1.50 bits per heavy atom. The molecular formula is C23H22N2O. The smallest absolute Gasteiger partial charge is 0.0897 e. The molecule has 0 bridgehead atoms. The summed E-state index contributed by atoms with van der Waals surface area (Å²) in [5.74, 6) is 0. The van der Waals surface area contributed by atoms with Gasteiger partial charge in [0.25, 0.3) is 0 Å². The van der Waals surface area contributed by atoms with Crippen molar-refractivity contribution in [1.82, 2.24) is 4.98 Å². The SMILES string of the molecule is CC1(C)C/C(=N/O)c2c(-c3ccccc3)cc(-c3ccccc3)nc2C1. The lowest BCUT2D eigenvalue weighted by atomic mass is 9.73. The third-order valence-electron chi connectivity index (χ3n) is 4.95. The van der Waals surface area contributed by atoms with E-state index in [1.54, 1.807) is 0 Å². The molecule has 4 rings (SSSR count). The first-order valence-electron chi connectivity index (χ1n) is 8.93. The van der Waals surface area contributed by atoms with Crippen LogP contribution in [0.3, 0.4) is 0 Å². The van der Waals surface area contributed by atoms with Crippen molar-refractivity contribution in [3.8, 4) is 22.4 Å². The van der Waals surface area contributed by atoms with E-state index in [0.29, 0.717) is 0 Å². The lowest BCUT2D eigenvalue weighted by Crippen LogP contribution is -2.29. The van der Waals surface area contributed by atoms with Gasteiger partial charge in [-0.05, 0) is 35.4 Å². The fourth-order valence-electron chi connectivity index (χ4n) is 3.79. The standard InChI is InChI=1S/C23H22N2O/c1-23(2)14-20-22(21(15-23)25-26)18(16-9-5-3-6-10-16)13-19(24-20)17-11-7-4-8-12-17/h3-13,26H,14-15H2,1-2H3/b25-21-. The summed E-state index contributed by atoms with van der Waals surface area (Å²) in [7, 11) is 0. The van der Waals surface area contributed by atoms with Gasteiger partial charge in [-0.3, -0.25) is 4.98 Å². The molecule has 0 fully saturated rings. The number of pyridine rings is 1. The lowest BCUT2D eigenvalue weighted by molar-refractivity contribution is 0.306. The van der Waals surface area contributed by atoms with Crippen molar-refractivity contribution in [1.29, 1.82) is 0 Å². The normalized spacial score (nSPS) is 17.1. The van der Waals surface area contributed by atoms with E-state index in [0.717, 1.165) is 52.2 Å². The van der Waals surface area contributed by atoms with Crippen LogP contribution in [0.25, 0.3) is 22.4 Å². The van der Waals surface area contributed by atoms with Gasteiger partial charge in [0, 0.05) is 11.1 Å². The van der Waals surface area contributed by atoms with Crippen LogP contribution in [-0.2, 0) is 6.42 Å². The largest absolute Gasteiger partial charge is 0.411 e. The predicted molar refractivity (Wildman–Crippen MR) is 106 cm³/mol. The van der Waals surface area contributed by atoms with Crippen molar-refractivity contribution in [3.05, 3.63) is 78.0 Å². The Labute approximate surface area is 154 Å². The number of rotatable bonds is 2. The first-order chi connectivity index (χ1) is 12.6. The first kappa shape index (κ1) is 16.5. The van der Waals surface area contributed by atoms with Crippen LogP contribution < -0.4 is 0 Å². The summed E-state index contributed by atoms with van der Waals surface area (Å²) in [6.07, 6.45) is 1.60. The lowest BCUT2D eigenvalue weighted by Gasteiger charge is -2.32. The molecule has 0 unspecified atom stereocenters. The van der Waals surface area contributed by atoms with Gasteiger partial charge >= 0.3 is 0 Å². The Hall–Kier alpha value is -2.94. The maximum atomic E-state index is 9.69. The summed E-state index contributed by atoms with van der Waals surface area (Å²) < 4.78 is 0. The summed E-state index contributed by atoms with van der Waals surface area (Å²) >= 11 is 0. The average Bonchev–Trinajstić information content (AvgIpc) is 2.67. The average molecular weight is 342 g/mol. The Kier molecular flexibility index (Phi) is 4.08. The molecule has 26 heavy (non-hydrogen) atoms. The Bertz CT molecular complexity index is 960. The van der Waals surface area contributed by atoms with Crippen molar-refractivity contribution >= 4 is 5.71 Å². The second-order valence-electron chi connectivity index (χ2n) is 7.67. The molecule has 1 aliphatic rings. The van der Waals surface area contributed by atoms with Crippen LogP contribution in [0.2, 0.25) is 0 Å². The highest BCUT2D eigenvalue weighted by Gasteiger charge is 2.33. The zero-order valence-corrected chi connectivity index (χ0v) is 15.1. The minimum absolute atomic E-state index is 0.0187. The van der Waals surface area contributed by atoms with Crippen molar-refractivity contribution in [2.45, 2.75) is 26.7 Å². The van der Waals surface area contributed by atoms with Crippen LogP contribution >= 0.6 is 0 Å². The number of oxime groups is 1. The third kappa shape index (κ3) is 3.01. The van der Waals surface area contributed by atoms with Gasteiger partial charge in [-0.2, -0.15) is 0 Å². The quantitative estimate of drug-likeness (QED) is 0.489. The second kappa shape index (κ2) is 6.41. The molecule has 0 radical (unpaired) electrons. The highest BCUT2D eigenvalue weighted by atomic mass is 16.4. The van der Waals surface area contributed by atoms with E-state index in [4.69, 9.17) is 4.98 Å². The van der Waals surface area contributed by atoms with Gasteiger partial charge in [0.05, 0.1) is 17.1 Å². The number of nitrogens with zero attached hydrogens (tertiary/aromatic N) is 2. The van der Waals surface area contributed by atoms with E-state index in [1.807, 2.05) is 36.4 Å². The predicted octanol–water partition coefficient (Wildman–Crippen LogP) is 5.57. The molecule has 1 aliphatic carbocycles. The van der Waals surface area contributed by atoms with Crippen LogP contribution in [-0.4, -0.2) is 15.9 Å². The van der Waals surface area contributed by atoms with Crippen molar-refractivity contribution in [3.63, 3.8) is 0 Å². The molecule has 1 N–H and O–H groups in total. The molecular weight excluding hydrogens is 320 g/mol. The van der Waals surface area contributed by atoms with E-state index in [9.17, 15) is 5.21 Å². The van der Waals surface area contributed by atoms with Crippen LogP contribution in [0, 0.1) is 5.41 Å². The fraction of sp³-hybridized carbons (Fsp3) is 0.217. The minimum atomic E-state index is 0.0187. The van der Waals surface area contributed by atoms with Gasteiger partial charge in [-0.15, -0.1) is 0 Å². The summed E-state index contributed by atoms with van der Waals surface area (Å²) in [4.78, 5) is 4.97. The molecule has 130 valence electrons. The molecule has 0 atom stereocenters. The van der Waals surface area contributed by atoms with Gasteiger partial charge in [0.2, 0.25) is 0 Å². The number of fused-ring (bicyclic) bond motifs is 1. The molecule has 0 saturated carbocycles. The molecule has 0 saturated heterocycles. The van der Waals surface area contributed by atoms with Gasteiger partial charge in [-0.1, -0.05) is 79.7 Å². The molecule has 2 aromatic carbocycles. The van der Waals surface area contributed by atoms with Gasteiger partial charge in [0.15, 0.2) is 0 Å². The second-order valence-corrected chi connectivity index (χ2v) is 7.67. The van der Waals surface area contributed by atoms with E-state index in [-0.39, 0.29) is 5.41 Å². The maximum absolute atomic E-state index is 9.69. The molecule has 0 spiro atoms. The number of aromatic nitrogens is 1. The van der Waals surface area contributed by atoms with Gasteiger partial charge in [-0.25, -0.2) is 0 Å². The highest BCUT2D eigenvalue weighted by Crippen LogP contribution is 2.40. The monoisotopic (exact) mass is 342 g/mol. The maximum Gasteiger partial charge on any atom is 0.0897 e. The number of hydrogen-bond acceptors (Lipinski definition) is 3. The van der Waals surface area contributed by atoms with Crippen LogP contribution in [0.1, 0.15) is 31.5 Å². The van der Waals surface area contributed by atoms with E-state index < -0.39 is 0 Å². The highest BCUT2D eigenvalue weighted by molar-refractivity contribution is 6.08. The first-order valence-corrected chi connectivity index (χ1v) is 8.93. The van der Waals surface area contributed by atoms with Crippen molar-refractivity contribution < 1.29 is 5.21 Å². The molecule has 3 aromatic rings.